The second-order valence-electron chi connectivity index (χ2n) is 6.17. The Labute approximate surface area is 169 Å². The highest BCUT2D eigenvalue weighted by Gasteiger charge is 2.34. The highest BCUT2D eigenvalue weighted by atomic mass is 32.1. The van der Waals surface area contributed by atoms with Gasteiger partial charge in [-0.05, 0) is 36.4 Å². The summed E-state index contributed by atoms with van der Waals surface area (Å²) in [6.45, 7) is 0.525. The van der Waals surface area contributed by atoms with Gasteiger partial charge in [-0.15, -0.1) is 22.7 Å². The third-order valence-electron chi connectivity index (χ3n) is 4.33. The van der Waals surface area contributed by atoms with E-state index in [0.29, 0.717) is 36.2 Å². The lowest BCUT2D eigenvalue weighted by Gasteiger charge is -2.13. The molecule has 0 fully saturated rings. The minimum atomic E-state index is -0.459. The molecule has 2 aromatic heterocycles. The van der Waals surface area contributed by atoms with E-state index in [-0.39, 0.29) is 18.4 Å². The van der Waals surface area contributed by atoms with Gasteiger partial charge in [0.15, 0.2) is 5.69 Å². The van der Waals surface area contributed by atoms with Crippen LogP contribution < -0.4 is 0 Å². The van der Waals surface area contributed by atoms with E-state index in [2.05, 4.69) is 4.98 Å². The van der Waals surface area contributed by atoms with E-state index >= 15 is 0 Å². The maximum absolute atomic E-state index is 12.3. The first-order valence-corrected chi connectivity index (χ1v) is 10.5. The number of nitrogens with zero attached hydrogens (tertiary/aromatic N) is 2. The Hall–Kier alpha value is -2.84. The van der Waals surface area contributed by atoms with Crippen LogP contribution in [0.2, 0.25) is 0 Å². The first-order valence-electron chi connectivity index (χ1n) is 8.77. The number of rotatable bonds is 7. The highest BCUT2D eigenvalue weighted by Crippen LogP contribution is 2.28. The lowest BCUT2D eigenvalue weighted by atomic mass is 10.1. The van der Waals surface area contributed by atoms with Gasteiger partial charge in [0.05, 0.1) is 22.6 Å². The molecule has 0 spiro atoms. The van der Waals surface area contributed by atoms with E-state index in [0.717, 1.165) is 9.88 Å². The zero-order valence-corrected chi connectivity index (χ0v) is 16.4. The average Bonchev–Trinajstić information content (AvgIpc) is 3.44. The van der Waals surface area contributed by atoms with Crippen LogP contribution in [0.1, 0.15) is 44.0 Å². The molecule has 0 atom stereocenters. The van der Waals surface area contributed by atoms with Crippen molar-refractivity contribution in [1.82, 2.24) is 9.88 Å². The van der Waals surface area contributed by atoms with E-state index < -0.39 is 5.97 Å². The second kappa shape index (κ2) is 8.04. The van der Waals surface area contributed by atoms with Gasteiger partial charge in [0.25, 0.3) is 11.8 Å². The zero-order chi connectivity index (χ0) is 19.5. The molecular weight excluding hydrogens is 396 g/mol. The number of hydrogen-bond donors (Lipinski definition) is 0. The van der Waals surface area contributed by atoms with Crippen LogP contribution in [0.5, 0.6) is 0 Å². The molecule has 28 heavy (non-hydrogen) atoms. The van der Waals surface area contributed by atoms with Crippen LogP contribution in [-0.2, 0) is 4.74 Å². The molecule has 8 heteroatoms. The van der Waals surface area contributed by atoms with Gasteiger partial charge < -0.3 is 4.74 Å². The first kappa shape index (κ1) is 18.5. The van der Waals surface area contributed by atoms with Crippen molar-refractivity contribution in [3.63, 3.8) is 0 Å². The number of imide groups is 1. The van der Waals surface area contributed by atoms with Gasteiger partial charge in [-0.2, -0.15) is 0 Å². The number of benzene rings is 1. The molecule has 0 aliphatic carbocycles. The van der Waals surface area contributed by atoms with Gasteiger partial charge in [-0.1, -0.05) is 18.2 Å². The molecule has 2 amide bonds. The fourth-order valence-electron chi connectivity index (χ4n) is 2.93. The molecular formula is C20H16N2O4S2. The molecule has 0 saturated heterocycles. The van der Waals surface area contributed by atoms with Gasteiger partial charge in [-0.25, -0.2) is 9.78 Å². The van der Waals surface area contributed by atoms with E-state index in [4.69, 9.17) is 4.74 Å². The highest BCUT2D eigenvalue weighted by molar-refractivity contribution is 7.20. The normalized spacial score (nSPS) is 13.1. The second-order valence-corrected chi connectivity index (χ2v) is 7.97. The van der Waals surface area contributed by atoms with E-state index in [1.165, 1.54) is 16.2 Å². The Morgan fingerprint density at radius 1 is 1.00 bits per heavy atom. The molecule has 3 heterocycles. The Bertz CT molecular complexity index is 992. The zero-order valence-electron chi connectivity index (χ0n) is 14.8. The summed E-state index contributed by atoms with van der Waals surface area (Å²) in [5, 5.41) is 4.45. The number of amides is 2. The summed E-state index contributed by atoms with van der Waals surface area (Å²) in [5.41, 5.74) is 1.20. The Morgan fingerprint density at radius 2 is 1.75 bits per heavy atom. The molecule has 0 unspecified atom stereocenters. The number of carbonyl (C=O) groups excluding carboxylic acids is 3. The molecule has 1 aromatic carbocycles. The number of thiophene rings is 1. The van der Waals surface area contributed by atoms with Crippen LogP contribution in [0.15, 0.2) is 47.2 Å². The monoisotopic (exact) mass is 412 g/mol. The standard InChI is InChI=1S/C20H16N2O4S2/c23-18-13-6-1-2-7-14(13)19(24)22(18)9-3-4-10-26-20(25)15-12-28-17(21-15)16-8-5-11-27-16/h1-2,5-8,11-12H,3-4,9-10H2. The molecule has 0 radical (unpaired) electrons. The van der Waals surface area contributed by atoms with Crippen LogP contribution in [-0.4, -0.2) is 40.8 Å². The van der Waals surface area contributed by atoms with Crippen LogP contribution in [0, 0.1) is 0 Å². The van der Waals surface area contributed by atoms with Gasteiger partial charge in [0.1, 0.15) is 5.01 Å². The van der Waals surface area contributed by atoms with Gasteiger partial charge in [0, 0.05) is 11.9 Å². The lowest BCUT2D eigenvalue weighted by molar-refractivity contribution is 0.0480. The largest absolute Gasteiger partial charge is 0.461 e. The van der Waals surface area contributed by atoms with Gasteiger partial charge in [-0.3, -0.25) is 14.5 Å². The van der Waals surface area contributed by atoms with Crippen molar-refractivity contribution in [1.29, 1.82) is 0 Å². The van der Waals surface area contributed by atoms with E-state index in [1.54, 1.807) is 41.0 Å². The number of ether oxygens (including phenoxy) is 1. The summed E-state index contributed by atoms with van der Waals surface area (Å²) < 4.78 is 5.26. The molecule has 4 rings (SSSR count). The Morgan fingerprint density at radius 3 is 2.43 bits per heavy atom. The average molecular weight is 412 g/mol. The van der Waals surface area contributed by atoms with Crippen molar-refractivity contribution < 1.29 is 19.1 Å². The molecule has 0 bridgehead atoms. The van der Waals surface area contributed by atoms with E-state index in [9.17, 15) is 14.4 Å². The number of hydrogen-bond acceptors (Lipinski definition) is 7. The third kappa shape index (κ3) is 3.61. The summed E-state index contributed by atoms with van der Waals surface area (Å²) >= 11 is 2.98. The number of esters is 1. The van der Waals surface area contributed by atoms with Crippen LogP contribution in [0.3, 0.4) is 0 Å². The summed E-state index contributed by atoms with van der Waals surface area (Å²) in [5.74, 6) is -0.984. The van der Waals surface area contributed by atoms with Crippen LogP contribution >= 0.6 is 22.7 Å². The fraction of sp³-hybridized carbons (Fsp3) is 0.200. The summed E-state index contributed by atoms with van der Waals surface area (Å²) in [6.07, 6.45) is 1.12. The number of unbranched alkanes of at least 4 members (excludes halogenated alkanes) is 1. The molecule has 142 valence electrons. The number of thiazole rings is 1. The Balaban J connectivity index is 1.23. The smallest absolute Gasteiger partial charge is 0.357 e. The first-order chi connectivity index (χ1) is 13.6. The summed E-state index contributed by atoms with van der Waals surface area (Å²) in [6, 6.07) is 10.7. The molecule has 1 aliphatic heterocycles. The molecule has 1 aliphatic rings. The topological polar surface area (TPSA) is 76.6 Å². The van der Waals surface area contributed by atoms with Gasteiger partial charge in [0.2, 0.25) is 0 Å². The van der Waals surface area contributed by atoms with Crippen LogP contribution in [0.4, 0.5) is 0 Å². The quantitative estimate of drug-likeness (QED) is 0.332. The number of carbonyl (C=O) groups is 3. The predicted molar refractivity (Wildman–Crippen MR) is 107 cm³/mol. The Kier molecular flexibility index (Phi) is 5.31. The van der Waals surface area contributed by atoms with E-state index in [1.807, 2.05) is 17.5 Å². The van der Waals surface area contributed by atoms with Crippen molar-refractivity contribution >= 4 is 40.5 Å². The lowest BCUT2D eigenvalue weighted by Crippen LogP contribution is -2.30. The third-order valence-corrected chi connectivity index (χ3v) is 6.21. The predicted octanol–water partition coefficient (Wildman–Crippen LogP) is 4.10. The van der Waals surface area contributed by atoms with Gasteiger partial charge >= 0.3 is 5.97 Å². The van der Waals surface area contributed by atoms with Crippen molar-refractivity contribution in [3.8, 4) is 9.88 Å². The number of fused-ring (bicyclic) bond motifs is 1. The molecule has 6 nitrogen and oxygen atoms in total. The molecule has 0 saturated carbocycles. The fourth-order valence-corrected chi connectivity index (χ4v) is 4.54. The minimum Gasteiger partial charge on any atom is -0.461 e. The van der Waals surface area contributed by atoms with Crippen molar-refractivity contribution in [3.05, 3.63) is 64.0 Å². The number of aromatic nitrogens is 1. The summed E-state index contributed by atoms with van der Waals surface area (Å²) in [4.78, 5) is 43.2. The SMILES string of the molecule is O=C(OCCCCN1C(=O)c2ccccc2C1=O)c1csc(-c2cccs2)n1. The van der Waals surface area contributed by atoms with Crippen molar-refractivity contribution in [2.24, 2.45) is 0 Å². The molecule has 0 N–H and O–H groups in total. The maximum atomic E-state index is 12.3. The van der Waals surface area contributed by atoms with Crippen molar-refractivity contribution in [2.45, 2.75) is 12.8 Å². The summed E-state index contributed by atoms with van der Waals surface area (Å²) in [7, 11) is 0. The van der Waals surface area contributed by atoms with Crippen LogP contribution in [0.25, 0.3) is 9.88 Å². The molecule has 3 aromatic rings. The minimum absolute atomic E-state index is 0.216. The van der Waals surface area contributed by atoms with Crippen molar-refractivity contribution in [2.75, 3.05) is 13.2 Å². The maximum Gasteiger partial charge on any atom is 0.357 e.